The lowest BCUT2D eigenvalue weighted by Gasteiger charge is -2.39. The van der Waals surface area contributed by atoms with Crippen LogP contribution in [0.25, 0.3) is 10.9 Å². The third-order valence-electron chi connectivity index (χ3n) is 5.67. The molecule has 2 unspecified atom stereocenters. The molecule has 2 aromatic carbocycles. The lowest BCUT2D eigenvalue weighted by Crippen LogP contribution is -2.41. The van der Waals surface area contributed by atoms with Crippen molar-refractivity contribution in [1.82, 2.24) is 9.88 Å². The molecule has 4 rings (SSSR count). The zero-order valence-corrected chi connectivity index (χ0v) is 15.1. The molecule has 0 spiro atoms. The van der Waals surface area contributed by atoms with Crippen LogP contribution in [0.1, 0.15) is 41.1 Å². The Hall–Kier alpha value is -2.10. The molecular formula is C22H27N3. The number of hydrogen-bond donors (Lipinski definition) is 2. The van der Waals surface area contributed by atoms with Crippen LogP contribution in [0.5, 0.6) is 0 Å². The molecule has 3 heteroatoms. The number of nitrogens with zero attached hydrogens (tertiary/aromatic N) is 1. The Morgan fingerprint density at radius 3 is 2.72 bits per heavy atom. The Bertz CT molecular complexity index is 866. The number of fused-ring (bicyclic) bond motifs is 1. The van der Waals surface area contributed by atoms with Crippen LogP contribution in [0.2, 0.25) is 0 Å². The first kappa shape index (κ1) is 16.4. The normalized spacial score (nSPS) is 21.7. The first-order chi connectivity index (χ1) is 12.1. The number of piperidine rings is 1. The van der Waals surface area contributed by atoms with Gasteiger partial charge in [0, 0.05) is 42.3 Å². The second kappa shape index (κ2) is 6.66. The molecular weight excluding hydrogens is 306 g/mol. The van der Waals surface area contributed by atoms with E-state index in [-0.39, 0.29) is 0 Å². The maximum Gasteiger partial charge on any atom is 0.0487 e. The fourth-order valence-corrected chi connectivity index (χ4v) is 4.31. The fourth-order valence-electron chi connectivity index (χ4n) is 4.31. The van der Waals surface area contributed by atoms with Crippen LogP contribution in [0.4, 0.5) is 0 Å². The van der Waals surface area contributed by atoms with Crippen molar-refractivity contribution < 1.29 is 0 Å². The van der Waals surface area contributed by atoms with Crippen LogP contribution in [0.3, 0.4) is 0 Å². The van der Waals surface area contributed by atoms with Gasteiger partial charge in [-0.2, -0.15) is 0 Å². The number of hydrogen-bond acceptors (Lipinski definition) is 2. The molecule has 1 saturated heterocycles. The van der Waals surface area contributed by atoms with Gasteiger partial charge >= 0.3 is 0 Å². The van der Waals surface area contributed by atoms with E-state index in [2.05, 4.69) is 72.4 Å². The number of benzene rings is 2. The second-order valence-corrected chi connectivity index (χ2v) is 7.44. The van der Waals surface area contributed by atoms with Crippen molar-refractivity contribution >= 4 is 10.9 Å². The highest BCUT2D eigenvalue weighted by Crippen LogP contribution is 2.34. The van der Waals surface area contributed by atoms with E-state index >= 15 is 0 Å². The summed E-state index contributed by atoms with van der Waals surface area (Å²) in [6, 6.07) is 16.1. The number of rotatable bonds is 3. The van der Waals surface area contributed by atoms with Crippen molar-refractivity contribution in [2.24, 2.45) is 5.73 Å². The summed E-state index contributed by atoms with van der Waals surface area (Å²) in [7, 11) is 0. The SMILES string of the molecule is Cc1cc(C)c2[nH]ccc2c1CN1CCC(N)CC1c1ccccc1. The van der Waals surface area contributed by atoms with E-state index in [1.54, 1.807) is 0 Å². The summed E-state index contributed by atoms with van der Waals surface area (Å²) < 4.78 is 0. The van der Waals surface area contributed by atoms with Gasteiger partial charge in [-0.15, -0.1) is 0 Å². The van der Waals surface area contributed by atoms with E-state index < -0.39 is 0 Å². The van der Waals surface area contributed by atoms with Gasteiger partial charge in [0.25, 0.3) is 0 Å². The van der Waals surface area contributed by atoms with E-state index in [1.807, 2.05) is 0 Å². The highest BCUT2D eigenvalue weighted by molar-refractivity contribution is 5.86. The molecule has 3 nitrogen and oxygen atoms in total. The van der Waals surface area contributed by atoms with Crippen molar-refractivity contribution in [2.75, 3.05) is 6.54 Å². The van der Waals surface area contributed by atoms with Gasteiger partial charge < -0.3 is 10.7 Å². The average molecular weight is 333 g/mol. The lowest BCUT2D eigenvalue weighted by molar-refractivity contribution is 0.128. The molecule has 130 valence electrons. The zero-order chi connectivity index (χ0) is 17.4. The quantitative estimate of drug-likeness (QED) is 0.744. The molecule has 0 bridgehead atoms. The molecule has 1 aliphatic rings. The van der Waals surface area contributed by atoms with Crippen LogP contribution in [-0.2, 0) is 6.54 Å². The van der Waals surface area contributed by atoms with Crippen LogP contribution < -0.4 is 5.73 Å². The van der Waals surface area contributed by atoms with E-state index in [9.17, 15) is 0 Å². The average Bonchev–Trinajstić information content (AvgIpc) is 3.10. The van der Waals surface area contributed by atoms with Gasteiger partial charge in [0.1, 0.15) is 0 Å². The summed E-state index contributed by atoms with van der Waals surface area (Å²) in [5.74, 6) is 0. The fraction of sp³-hybridized carbons (Fsp3) is 0.364. The first-order valence-corrected chi connectivity index (χ1v) is 9.24. The molecule has 0 radical (unpaired) electrons. The predicted octanol–water partition coefficient (Wildman–Crippen LogP) is 4.45. The monoisotopic (exact) mass is 333 g/mol. The molecule has 0 amide bonds. The van der Waals surface area contributed by atoms with Gasteiger partial charge in [-0.1, -0.05) is 36.4 Å². The van der Waals surface area contributed by atoms with Gasteiger partial charge in [-0.3, -0.25) is 4.90 Å². The molecule has 25 heavy (non-hydrogen) atoms. The second-order valence-electron chi connectivity index (χ2n) is 7.44. The van der Waals surface area contributed by atoms with Crippen LogP contribution in [-0.4, -0.2) is 22.5 Å². The Labute approximate surface area is 149 Å². The lowest BCUT2D eigenvalue weighted by atomic mass is 9.91. The van der Waals surface area contributed by atoms with E-state index in [0.717, 1.165) is 25.9 Å². The molecule has 1 fully saturated rings. The molecule has 2 heterocycles. The van der Waals surface area contributed by atoms with Crippen molar-refractivity contribution in [2.45, 2.75) is 45.3 Å². The van der Waals surface area contributed by atoms with Crippen molar-refractivity contribution in [3.63, 3.8) is 0 Å². The number of aryl methyl sites for hydroxylation is 2. The van der Waals surface area contributed by atoms with Crippen molar-refractivity contribution in [1.29, 1.82) is 0 Å². The Kier molecular flexibility index (Phi) is 4.36. The maximum atomic E-state index is 6.31. The molecule has 2 atom stereocenters. The Morgan fingerprint density at radius 2 is 1.92 bits per heavy atom. The summed E-state index contributed by atoms with van der Waals surface area (Å²) in [4.78, 5) is 6.02. The number of likely N-dealkylation sites (tertiary alicyclic amines) is 1. The number of aromatic amines is 1. The minimum absolute atomic E-state index is 0.299. The maximum absolute atomic E-state index is 6.31. The van der Waals surface area contributed by atoms with Crippen LogP contribution >= 0.6 is 0 Å². The van der Waals surface area contributed by atoms with Gasteiger partial charge in [0.05, 0.1) is 0 Å². The molecule has 1 aliphatic heterocycles. The standard InChI is InChI=1S/C22H27N3/c1-15-12-16(2)22-19(8-10-24-22)20(15)14-25-11-9-18(23)13-21(25)17-6-4-3-5-7-17/h3-8,10,12,18,21,24H,9,11,13-14,23H2,1-2H3. The third kappa shape index (κ3) is 3.10. The van der Waals surface area contributed by atoms with Crippen LogP contribution in [0.15, 0.2) is 48.7 Å². The van der Waals surface area contributed by atoms with Crippen molar-refractivity contribution in [3.8, 4) is 0 Å². The molecule has 1 aromatic heterocycles. The number of aromatic nitrogens is 1. The molecule has 3 aromatic rings. The highest BCUT2D eigenvalue weighted by atomic mass is 15.2. The number of nitrogens with one attached hydrogen (secondary N) is 1. The summed E-state index contributed by atoms with van der Waals surface area (Å²) in [6.07, 6.45) is 4.16. The third-order valence-corrected chi connectivity index (χ3v) is 5.67. The number of H-pyrrole nitrogens is 1. The van der Waals surface area contributed by atoms with Gasteiger partial charge in [0.2, 0.25) is 0 Å². The predicted molar refractivity (Wildman–Crippen MR) is 105 cm³/mol. The smallest absolute Gasteiger partial charge is 0.0487 e. The van der Waals surface area contributed by atoms with E-state index in [1.165, 1.54) is 33.2 Å². The summed E-state index contributed by atoms with van der Waals surface area (Å²) in [6.45, 7) is 6.46. The van der Waals surface area contributed by atoms with Gasteiger partial charge in [0.15, 0.2) is 0 Å². The summed E-state index contributed by atoms with van der Waals surface area (Å²) >= 11 is 0. The Morgan fingerprint density at radius 1 is 1.12 bits per heavy atom. The summed E-state index contributed by atoms with van der Waals surface area (Å²) in [5, 5.41) is 1.36. The zero-order valence-electron chi connectivity index (χ0n) is 15.1. The Balaban J connectivity index is 1.70. The summed E-state index contributed by atoms with van der Waals surface area (Å²) in [5.41, 5.74) is 13.1. The minimum atomic E-state index is 0.299. The van der Waals surface area contributed by atoms with Crippen LogP contribution in [0, 0.1) is 13.8 Å². The molecule has 0 aliphatic carbocycles. The van der Waals surface area contributed by atoms with Crippen molar-refractivity contribution in [3.05, 3.63) is 70.9 Å². The van der Waals surface area contributed by atoms with E-state index in [4.69, 9.17) is 5.73 Å². The molecule has 0 saturated carbocycles. The number of nitrogens with two attached hydrogens (primary N) is 1. The van der Waals surface area contributed by atoms with Gasteiger partial charge in [-0.25, -0.2) is 0 Å². The van der Waals surface area contributed by atoms with E-state index in [0.29, 0.717) is 12.1 Å². The first-order valence-electron chi connectivity index (χ1n) is 9.24. The largest absolute Gasteiger partial charge is 0.361 e. The minimum Gasteiger partial charge on any atom is -0.361 e. The van der Waals surface area contributed by atoms with Gasteiger partial charge in [-0.05, 0) is 55.0 Å². The molecule has 3 N–H and O–H groups in total. The topological polar surface area (TPSA) is 45.0 Å². The highest BCUT2D eigenvalue weighted by Gasteiger charge is 2.28.